The molecule has 0 saturated heterocycles. The van der Waals surface area contributed by atoms with Crippen molar-refractivity contribution in [1.29, 1.82) is 0 Å². The van der Waals surface area contributed by atoms with Crippen LogP contribution in [0.5, 0.6) is 0 Å². The first-order valence-corrected chi connectivity index (χ1v) is 2.86. The third-order valence-electron chi connectivity index (χ3n) is 1.17. The minimum atomic E-state index is -0.471. The Morgan fingerprint density at radius 1 is 1.55 bits per heavy atom. The predicted molar refractivity (Wildman–Crippen MR) is 37.5 cm³/mol. The van der Waals surface area contributed by atoms with E-state index < -0.39 is 4.92 Å². The summed E-state index contributed by atoms with van der Waals surface area (Å²) in [6.07, 6.45) is 7.93. The van der Waals surface area contributed by atoms with Gasteiger partial charge in [0.1, 0.15) is 0 Å². The van der Waals surface area contributed by atoms with Gasteiger partial charge in [0.2, 0.25) is 6.04 Å². The van der Waals surface area contributed by atoms with Crippen LogP contribution in [0.25, 0.3) is 0 Å². The number of hydrogen-bond donors (Lipinski definition) is 0. The molecule has 0 aliphatic heterocycles. The Hall–Kier alpha value is -1.89. The summed E-state index contributed by atoms with van der Waals surface area (Å²) in [6.45, 7) is 0. The van der Waals surface area contributed by atoms with Gasteiger partial charge in [0, 0.05) is 0 Å². The van der Waals surface area contributed by atoms with Gasteiger partial charge in [-0.15, -0.1) is 4.57 Å². The topological polar surface area (TPSA) is 47.0 Å². The van der Waals surface area contributed by atoms with E-state index in [1.807, 2.05) is 0 Å². The van der Waals surface area contributed by atoms with Crippen LogP contribution in [0.15, 0.2) is 24.5 Å². The Kier molecular flexibility index (Phi) is 1.83. The molecule has 4 heteroatoms. The Morgan fingerprint density at radius 3 is 2.45 bits per heavy atom. The van der Waals surface area contributed by atoms with E-state index in [9.17, 15) is 10.1 Å². The van der Waals surface area contributed by atoms with E-state index in [0.29, 0.717) is 0 Å². The molecule has 1 aromatic heterocycles. The van der Waals surface area contributed by atoms with Crippen molar-refractivity contribution in [3.05, 3.63) is 34.6 Å². The summed E-state index contributed by atoms with van der Waals surface area (Å²) in [5, 5.41) is 10.1. The van der Waals surface area contributed by atoms with Gasteiger partial charge in [-0.05, 0) is 6.42 Å². The van der Waals surface area contributed by atoms with Crippen LogP contribution >= 0.6 is 0 Å². The van der Waals surface area contributed by atoms with Crippen LogP contribution in [-0.4, -0.2) is 4.92 Å². The molecule has 1 aromatic rings. The maximum Gasteiger partial charge on any atom is 0.281 e. The number of terminal acetylenes is 1. The minimum absolute atomic E-state index is 0.0384. The van der Waals surface area contributed by atoms with E-state index in [0.717, 1.165) is 0 Å². The molecule has 4 nitrogen and oxygen atoms in total. The summed E-state index contributed by atoms with van der Waals surface area (Å²) in [7, 11) is 0. The van der Waals surface area contributed by atoms with Gasteiger partial charge in [-0.25, -0.2) is 0 Å². The number of nitrogens with zero attached hydrogens (tertiary/aromatic N) is 2. The molecule has 1 heterocycles. The van der Waals surface area contributed by atoms with E-state index >= 15 is 0 Å². The summed E-state index contributed by atoms with van der Waals surface area (Å²) < 4.78 is 1.40. The van der Waals surface area contributed by atoms with Crippen molar-refractivity contribution in [2.45, 2.75) is 0 Å². The van der Waals surface area contributed by atoms with Gasteiger partial charge in [-0.1, -0.05) is 0 Å². The molecule has 0 bridgehead atoms. The van der Waals surface area contributed by atoms with Gasteiger partial charge in [0.25, 0.3) is 5.69 Å². The zero-order valence-corrected chi connectivity index (χ0v) is 5.60. The van der Waals surface area contributed by atoms with Crippen molar-refractivity contribution in [3.63, 3.8) is 0 Å². The highest BCUT2D eigenvalue weighted by molar-refractivity contribution is 5.23. The number of hydrogen-bond acceptors (Lipinski definition) is 2. The molecule has 0 aliphatic rings. The van der Waals surface area contributed by atoms with E-state index in [2.05, 4.69) is 6.04 Å². The Balaban J connectivity index is 3.03. The minimum Gasteiger partial charge on any atom is -0.258 e. The molecule has 0 aromatic carbocycles. The Bertz CT molecular complexity index is 310. The van der Waals surface area contributed by atoms with Gasteiger partial charge in [0.15, 0.2) is 12.4 Å². The second kappa shape index (κ2) is 2.80. The summed E-state index contributed by atoms with van der Waals surface area (Å²) in [5.74, 6) is 0. The lowest BCUT2D eigenvalue weighted by atomic mass is 10.4. The standard InChI is InChI=1S/C7H5N2O2/c1-2-8-5-3-7(4-6-8)9(10)11/h1,3-6H/q+1. The molecule has 0 atom stereocenters. The maximum absolute atomic E-state index is 10.1. The summed E-state index contributed by atoms with van der Waals surface area (Å²) >= 11 is 0. The van der Waals surface area contributed by atoms with Gasteiger partial charge in [-0.2, -0.15) is 0 Å². The van der Waals surface area contributed by atoms with Crippen molar-refractivity contribution in [1.82, 2.24) is 0 Å². The van der Waals surface area contributed by atoms with Crippen molar-refractivity contribution in [3.8, 4) is 12.5 Å². The predicted octanol–water partition coefficient (Wildman–Crippen LogP) is 0.321. The Labute approximate surface area is 63.2 Å². The van der Waals surface area contributed by atoms with Crippen LogP contribution in [0, 0.1) is 22.6 Å². The van der Waals surface area contributed by atoms with E-state index in [-0.39, 0.29) is 5.69 Å². The summed E-state index contributed by atoms with van der Waals surface area (Å²) in [4.78, 5) is 9.67. The highest BCUT2D eigenvalue weighted by Crippen LogP contribution is 2.04. The van der Waals surface area contributed by atoms with Gasteiger partial charge in [0.05, 0.1) is 17.1 Å². The third kappa shape index (κ3) is 1.52. The van der Waals surface area contributed by atoms with E-state index in [1.54, 1.807) is 0 Å². The number of nitro groups is 1. The van der Waals surface area contributed by atoms with Crippen LogP contribution in [-0.2, 0) is 0 Å². The lowest BCUT2D eigenvalue weighted by molar-refractivity contribution is -0.584. The average Bonchev–Trinajstić information content (AvgIpc) is 2.05. The van der Waals surface area contributed by atoms with Crippen LogP contribution in [0.4, 0.5) is 5.69 Å². The molecule has 0 aliphatic carbocycles. The fourth-order valence-electron chi connectivity index (χ4n) is 0.626. The van der Waals surface area contributed by atoms with Gasteiger partial charge >= 0.3 is 0 Å². The lowest BCUT2D eigenvalue weighted by Crippen LogP contribution is -2.25. The number of rotatable bonds is 1. The normalized spacial score (nSPS) is 8.64. The number of aromatic nitrogens is 1. The molecule has 0 spiro atoms. The first kappa shape index (κ1) is 7.22. The molecule has 0 N–H and O–H groups in total. The van der Waals surface area contributed by atoms with Crippen molar-refractivity contribution in [2.75, 3.05) is 0 Å². The molecular weight excluding hydrogens is 144 g/mol. The van der Waals surface area contributed by atoms with E-state index in [1.165, 1.54) is 29.1 Å². The fraction of sp³-hybridized carbons (Fsp3) is 0. The number of pyridine rings is 1. The smallest absolute Gasteiger partial charge is 0.258 e. The molecule has 0 unspecified atom stereocenters. The molecular formula is C7H5N2O2+. The van der Waals surface area contributed by atoms with Crippen molar-refractivity contribution < 1.29 is 9.49 Å². The van der Waals surface area contributed by atoms with Crippen molar-refractivity contribution >= 4 is 5.69 Å². The van der Waals surface area contributed by atoms with Crippen LogP contribution in [0.3, 0.4) is 0 Å². The molecule has 1 rings (SSSR count). The first-order valence-electron chi connectivity index (χ1n) is 2.86. The highest BCUT2D eigenvalue weighted by Gasteiger charge is 2.06. The second-order valence-electron chi connectivity index (χ2n) is 1.85. The molecule has 54 valence electrons. The fourth-order valence-corrected chi connectivity index (χ4v) is 0.626. The van der Waals surface area contributed by atoms with Gasteiger partial charge in [-0.3, -0.25) is 10.1 Å². The van der Waals surface area contributed by atoms with Crippen LogP contribution < -0.4 is 4.57 Å². The summed E-state index contributed by atoms with van der Waals surface area (Å²) in [6, 6.07) is 4.98. The Morgan fingerprint density at radius 2 is 2.09 bits per heavy atom. The largest absolute Gasteiger partial charge is 0.281 e. The SMILES string of the molecule is C#C[n+]1ccc([N+](=O)[O-])cc1. The molecule has 0 radical (unpaired) electrons. The molecule has 11 heavy (non-hydrogen) atoms. The van der Waals surface area contributed by atoms with Crippen molar-refractivity contribution in [2.24, 2.45) is 0 Å². The molecule has 0 saturated carbocycles. The first-order chi connectivity index (χ1) is 5.24. The van der Waals surface area contributed by atoms with Crippen LogP contribution in [0.1, 0.15) is 0 Å². The monoisotopic (exact) mass is 149 g/mol. The maximum atomic E-state index is 10.1. The third-order valence-corrected chi connectivity index (χ3v) is 1.17. The molecule has 0 amide bonds. The second-order valence-corrected chi connectivity index (χ2v) is 1.85. The van der Waals surface area contributed by atoms with Crippen LogP contribution in [0.2, 0.25) is 0 Å². The quantitative estimate of drug-likeness (QED) is 0.250. The zero-order chi connectivity index (χ0) is 8.27. The lowest BCUT2D eigenvalue weighted by Gasteiger charge is -1.85. The molecule has 0 fully saturated rings. The average molecular weight is 149 g/mol. The zero-order valence-electron chi connectivity index (χ0n) is 5.60. The summed E-state index contributed by atoms with van der Waals surface area (Å²) in [5.41, 5.74) is 0.0384. The van der Waals surface area contributed by atoms with Gasteiger partial charge < -0.3 is 0 Å². The highest BCUT2D eigenvalue weighted by atomic mass is 16.6. The van der Waals surface area contributed by atoms with E-state index in [4.69, 9.17) is 6.42 Å².